The lowest BCUT2D eigenvalue weighted by Gasteiger charge is -2.34. The molecule has 0 saturated carbocycles. The van der Waals surface area contributed by atoms with Crippen molar-refractivity contribution in [3.8, 4) is 0 Å². The third-order valence-corrected chi connectivity index (χ3v) is 15.7. The van der Waals surface area contributed by atoms with Crippen LogP contribution in [-0.4, -0.2) is 150 Å². The second-order valence-corrected chi connectivity index (χ2v) is 19.4. The smallest absolute Gasteiger partial charge is 0.286 e. The van der Waals surface area contributed by atoms with Crippen molar-refractivity contribution < 1.29 is 38.4 Å². The summed E-state index contributed by atoms with van der Waals surface area (Å²) in [6.45, 7) is 8.40. The first kappa shape index (κ1) is 48.2. The first-order chi connectivity index (χ1) is 30.7. The Hall–Kier alpha value is -5.70. The Bertz CT molecular complexity index is 2220. The summed E-state index contributed by atoms with van der Waals surface area (Å²) in [7, 11) is 0. The SMILES string of the molecule is C.C.CC(=O)C1CCC2Cc3cc[nH]c3C(=O)N21.CC(=O)C1CCN2Cc3cc[nH]c3C(=O)N12.CC(=O)C1CSC2Cc3cc[nH]c3C(=O)N21.CC(=O)C1SCN2Cc3cc[nH]c3C(=O)N12. The first-order valence-electron chi connectivity index (χ1n) is 21.5. The van der Waals surface area contributed by atoms with E-state index in [9.17, 15) is 38.4 Å². The van der Waals surface area contributed by atoms with E-state index in [1.165, 1.54) is 18.7 Å². The van der Waals surface area contributed by atoms with E-state index in [4.69, 9.17) is 0 Å². The molecule has 20 heteroatoms. The van der Waals surface area contributed by atoms with E-state index in [1.807, 2.05) is 34.3 Å². The number of hydrazine groups is 2. The van der Waals surface area contributed by atoms with Crippen LogP contribution in [0.3, 0.4) is 0 Å². The molecule has 0 radical (unpaired) electrons. The van der Waals surface area contributed by atoms with Crippen LogP contribution in [0.2, 0.25) is 0 Å². The Labute approximate surface area is 391 Å². The van der Waals surface area contributed by atoms with Crippen LogP contribution in [0.15, 0.2) is 49.1 Å². The van der Waals surface area contributed by atoms with E-state index in [-0.39, 0.29) is 96.5 Å². The van der Waals surface area contributed by atoms with Crippen molar-refractivity contribution in [2.24, 2.45) is 0 Å². The van der Waals surface area contributed by atoms with Crippen molar-refractivity contribution in [3.63, 3.8) is 0 Å². The average molecular weight is 943 g/mol. The van der Waals surface area contributed by atoms with Gasteiger partial charge in [-0.3, -0.25) is 43.4 Å². The van der Waals surface area contributed by atoms with Gasteiger partial charge in [0.1, 0.15) is 34.9 Å². The van der Waals surface area contributed by atoms with E-state index in [1.54, 1.807) is 77.1 Å². The third-order valence-electron chi connectivity index (χ3n) is 13.1. The molecule has 66 heavy (non-hydrogen) atoms. The Morgan fingerprint density at radius 3 is 1.59 bits per heavy atom. The number of nitrogens with one attached hydrogen (secondary N) is 4. The summed E-state index contributed by atoms with van der Waals surface area (Å²) in [6, 6.07) is 7.27. The summed E-state index contributed by atoms with van der Waals surface area (Å²) >= 11 is 3.21. The van der Waals surface area contributed by atoms with Crippen LogP contribution in [0.4, 0.5) is 0 Å². The highest BCUT2D eigenvalue weighted by atomic mass is 32.2. The molecule has 4 aromatic heterocycles. The second kappa shape index (κ2) is 19.3. The monoisotopic (exact) mass is 942 g/mol. The lowest BCUT2D eigenvalue weighted by Crippen LogP contribution is -2.50. The quantitative estimate of drug-likeness (QED) is 0.217. The predicted molar refractivity (Wildman–Crippen MR) is 249 cm³/mol. The number of fused-ring (bicyclic) bond motifs is 8. The molecule has 0 aromatic carbocycles. The van der Waals surface area contributed by atoms with Gasteiger partial charge >= 0.3 is 0 Å². The fourth-order valence-corrected chi connectivity index (χ4v) is 12.6. The van der Waals surface area contributed by atoms with Gasteiger partial charge in [-0.1, -0.05) is 14.9 Å². The Morgan fingerprint density at radius 2 is 1.03 bits per heavy atom. The Balaban J connectivity index is 0.000000130. The number of thioether (sulfide) groups is 2. The zero-order valence-corrected chi connectivity index (χ0v) is 37.6. The van der Waals surface area contributed by atoms with Crippen LogP contribution in [-0.2, 0) is 45.1 Å². The van der Waals surface area contributed by atoms with Crippen LogP contribution in [0.5, 0.6) is 0 Å². The summed E-state index contributed by atoms with van der Waals surface area (Å²) in [4.78, 5) is 110. The predicted octanol–water partition coefficient (Wildman–Crippen LogP) is 4.80. The molecule has 8 aliphatic heterocycles. The molecule has 8 aliphatic rings. The average Bonchev–Trinajstić information content (AvgIpc) is 4.11. The number of hydrogen-bond acceptors (Lipinski definition) is 12. The molecule has 4 aromatic rings. The number of aromatic amines is 4. The molecule has 0 spiro atoms. The number of H-pyrrole nitrogens is 4. The van der Waals surface area contributed by atoms with Gasteiger partial charge in [0.15, 0.2) is 28.5 Å². The Kier molecular flexibility index (Phi) is 14.1. The molecule has 6 unspecified atom stereocenters. The van der Waals surface area contributed by atoms with Crippen LogP contribution in [0, 0.1) is 0 Å². The van der Waals surface area contributed by atoms with E-state index in [0.717, 1.165) is 66.7 Å². The molecule has 6 atom stereocenters. The standard InChI is InChI=1S/C12H14N2O2.C11H13N3O2.C11H12N2O2S.C10H11N3O2S.2CH4/c1-7(15)10-3-2-9-6-8-4-5-13-11(8)12(16)14(9)10;1-7(15)9-3-5-13-6-8-2-4-12-10(8)11(16)14(9)13;1-6(14)8-5-16-9-4-7-2-3-12-10(7)11(15)13(8)9;1-6(14)10-13-9(15)8-7(2-3-11-8)4-12(13)5-16-10;;/h4-5,9-10,13H,2-3,6H2,1H3;2,4,9,12H,3,5-6H2,1H3;2-3,8-9,12H,4-5H2,1H3;2-3,10-11H,4-5H2,1H3;2*1H4. The van der Waals surface area contributed by atoms with Gasteiger partial charge in [0.2, 0.25) is 0 Å². The van der Waals surface area contributed by atoms with Gasteiger partial charge in [0.05, 0.1) is 17.3 Å². The number of rotatable bonds is 4. The molecule has 12 rings (SSSR count). The molecule has 12 heterocycles. The third kappa shape index (κ3) is 8.47. The summed E-state index contributed by atoms with van der Waals surface area (Å²) in [6.07, 6.45) is 11.4. The summed E-state index contributed by atoms with van der Waals surface area (Å²) < 4.78 is 0. The summed E-state index contributed by atoms with van der Waals surface area (Å²) in [5.41, 5.74) is 6.76. The van der Waals surface area contributed by atoms with E-state index in [2.05, 4.69) is 19.9 Å². The van der Waals surface area contributed by atoms with Crippen LogP contribution >= 0.6 is 23.5 Å². The van der Waals surface area contributed by atoms with Crippen molar-refractivity contribution in [1.82, 2.24) is 49.8 Å². The van der Waals surface area contributed by atoms with Crippen LogP contribution in [0.25, 0.3) is 0 Å². The number of ketones is 4. The number of carbonyl (C=O) groups is 8. The van der Waals surface area contributed by atoms with E-state index >= 15 is 0 Å². The molecular formula is C46H58N10O8S2. The van der Waals surface area contributed by atoms with Gasteiger partial charge in [-0.05, 0) is 99.9 Å². The zero-order valence-electron chi connectivity index (χ0n) is 35.9. The van der Waals surface area contributed by atoms with Crippen molar-refractivity contribution in [2.45, 2.75) is 123 Å². The first-order valence-corrected chi connectivity index (χ1v) is 23.5. The maximum absolute atomic E-state index is 12.2. The highest BCUT2D eigenvalue weighted by Gasteiger charge is 2.47. The van der Waals surface area contributed by atoms with Gasteiger partial charge in [0, 0.05) is 62.6 Å². The molecule has 4 N–H and O–H groups in total. The maximum Gasteiger partial charge on any atom is 0.286 e. The van der Waals surface area contributed by atoms with Gasteiger partial charge < -0.3 is 29.7 Å². The number of aromatic nitrogens is 4. The van der Waals surface area contributed by atoms with Gasteiger partial charge in [-0.2, -0.15) is 0 Å². The Morgan fingerprint density at radius 1 is 0.530 bits per heavy atom. The number of amides is 4. The topological polar surface area (TPSA) is 219 Å². The molecule has 4 amide bonds. The molecule has 18 nitrogen and oxygen atoms in total. The lowest BCUT2D eigenvalue weighted by atomic mass is 9.99. The van der Waals surface area contributed by atoms with Crippen LogP contribution < -0.4 is 0 Å². The molecule has 352 valence electrons. The van der Waals surface area contributed by atoms with Crippen molar-refractivity contribution in [2.75, 3.05) is 18.2 Å². The number of carbonyl (C=O) groups excluding carboxylic acids is 8. The van der Waals surface area contributed by atoms with Crippen molar-refractivity contribution in [1.29, 1.82) is 0 Å². The zero-order chi connectivity index (χ0) is 45.1. The summed E-state index contributed by atoms with van der Waals surface area (Å²) in [5, 5.41) is 6.86. The number of nitrogens with zero attached hydrogens (tertiary/aromatic N) is 6. The van der Waals surface area contributed by atoms with Gasteiger partial charge in [-0.15, -0.1) is 23.5 Å². The van der Waals surface area contributed by atoms with Crippen molar-refractivity contribution >= 4 is 70.3 Å². The van der Waals surface area contributed by atoms with Crippen LogP contribution in [0.1, 0.15) is 126 Å². The largest absolute Gasteiger partial charge is 0.357 e. The highest BCUT2D eigenvalue weighted by molar-refractivity contribution is 8.00. The fraction of sp³-hybridized carbons (Fsp3) is 0.478. The molecule has 4 saturated heterocycles. The second-order valence-electron chi connectivity index (χ2n) is 17.1. The molecular weight excluding hydrogens is 885 g/mol. The molecule has 4 fully saturated rings. The molecule has 0 bridgehead atoms. The maximum atomic E-state index is 12.2. The van der Waals surface area contributed by atoms with E-state index < -0.39 is 0 Å². The van der Waals surface area contributed by atoms with E-state index in [0.29, 0.717) is 41.7 Å². The lowest BCUT2D eigenvalue weighted by molar-refractivity contribution is -0.124. The fourth-order valence-electron chi connectivity index (χ4n) is 10.0. The number of Topliss-reactive ketones (excluding diaryl/α,β-unsaturated/α-hetero) is 4. The number of hydrogen-bond donors (Lipinski definition) is 4. The molecule has 0 aliphatic carbocycles. The minimum absolute atomic E-state index is 0. The van der Waals surface area contributed by atoms with Gasteiger partial charge in [-0.25, -0.2) is 15.0 Å². The summed E-state index contributed by atoms with van der Waals surface area (Å²) in [5.74, 6) is 1.48. The minimum Gasteiger partial charge on any atom is -0.357 e. The van der Waals surface area contributed by atoms with Crippen molar-refractivity contribution in [3.05, 3.63) is 94.1 Å². The highest BCUT2D eigenvalue weighted by Crippen LogP contribution is 2.38. The van der Waals surface area contributed by atoms with Gasteiger partial charge in [0.25, 0.3) is 23.6 Å². The normalized spacial score (nSPS) is 25.3. The minimum atomic E-state index is -0.357.